The highest BCUT2D eigenvalue weighted by Gasteiger charge is 2.20. The minimum Gasteiger partial charge on any atom is -0.350 e. The Morgan fingerprint density at radius 3 is 2.59 bits per heavy atom. The zero-order valence-corrected chi connectivity index (χ0v) is 14.6. The molecule has 0 aliphatic rings. The van der Waals surface area contributed by atoms with Gasteiger partial charge in [-0.05, 0) is 50.1 Å². The average molecular weight is 415 g/mol. The molecule has 0 aliphatic carbocycles. The van der Waals surface area contributed by atoms with Gasteiger partial charge in [0.15, 0.2) is 5.82 Å². The number of aromatic nitrogens is 5. The number of tetrazole rings is 1. The van der Waals surface area contributed by atoms with E-state index >= 15 is 0 Å². The van der Waals surface area contributed by atoms with Gasteiger partial charge in [0.25, 0.3) is 0 Å². The molecule has 0 bridgehead atoms. The molecule has 4 rings (SSSR count). The van der Waals surface area contributed by atoms with Gasteiger partial charge in [0.2, 0.25) is 0 Å². The molecule has 0 fully saturated rings. The highest BCUT2D eigenvalue weighted by Crippen LogP contribution is 2.43. The van der Waals surface area contributed by atoms with E-state index in [-0.39, 0.29) is 0 Å². The van der Waals surface area contributed by atoms with Crippen LogP contribution in [0.1, 0.15) is 0 Å². The van der Waals surface area contributed by atoms with Crippen molar-refractivity contribution in [2.75, 3.05) is 0 Å². The van der Waals surface area contributed by atoms with E-state index in [0.717, 1.165) is 31.5 Å². The standard InChI is InChI=1S/C13H6BrCl2N5S/c14-8-4-22-12-9(5-1-6(15)3-7(16)2-5)11(17-10(8)12)13-18-20-21-19-13/h1-4,17H,(H,18,19,20,21). The molecule has 0 aliphatic heterocycles. The monoisotopic (exact) mass is 413 g/mol. The van der Waals surface area contributed by atoms with Crippen molar-refractivity contribution < 1.29 is 0 Å². The third-order valence-corrected chi connectivity index (χ3v) is 5.57. The molecule has 3 heterocycles. The van der Waals surface area contributed by atoms with E-state index in [9.17, 15) is 0 Å². The second-order valence-corrected chi connectivity index (χ2v) is 7.18. The van der Waals surface area contributed by atoms with Crippen LogP contribution in [0.3, 0.4) is 0 Å². The van der Waals surface area contributed by atoms with Crippen LogP contribution in [0, 0.1) is 0 Å². The summed E-state index contributed by atoms with van der Waals surface area (Å²) in [7, 11) is 0. The summed E-state index contributed by atoms with van der Waals surface area (Å²) in [5.74, 6) is 0.557. The molecule has 22 heavy (non-hydrogen) atoms. The fraction of sp³-hybridized carbons (Fsp3) is 0. The maximum atomic E-state index is 6.15. The van der Waals surface area contributed by atoms with Crippen LogP contribution in [0.2, 0.25) is 10.0 Å². The fourth-order valence-electron chi connectivity index (χ4n) is 2.35. The Bertz CT molecular complexity index is 956. The predicted octanol–water partition coefficient (Wildman–Crippen LogP) is 5.15. The summed E-state index contributed by atoms with van der Waals surface area (Å²) in [5.41, 5.74) is 3.66. The molecule has 110 valence electrons. The molecule has 0 radical (unpaired) electrons. The molecule has 0 saturated heterocycles. The Morgan fingerprint density at radius 2 is 1.91 bits per heavy atom. The first-order valence-corrected chi connectivity index (χ1v) is 8.55. The first-order valence-electron chi connectivity index (χ1n) is 6.12. The van der Waals surface area contributed by atoms with Crippen LogP contribution in [0.5, 0.6) is 0 Å². The quantitative estimate of drug-likeness (QED) is 0.476. The number of halogens is 3. The highest BCUT2D eigenvalue weighted by molar-refractivity contribution is 9.10. The lowest BCUT2D eigenvalue weighted by molar-refractivity contribution is 0.881. The van der Waals surface area contributed by atoms with Gasteiger partial charge in [-0.2, -0.15) is 0 Å². The first-order chi connectivity index (χ1) is 10.6. The van der Waals surface area contributed by atoms with Crippen molar-refractivity contribution in [3.63, 3.8) is 0 Å². The van der Waals surface area contributed by atoms with Crippen molar-refractivity contribution in [3.05, 3.63) is 38.1 Å². The van der Waals surface area contributed by atoms with E-state index in [4.69, 9.17) is 23.2 Å². The summed E-state index contributed by atoms with van der Waals surface area (Å²) in [6.07, 6.45) is 0. The summed E-state index contributed by atoms with van der Waals surface area (Å²) >= 11 is 17.5. The van der Waals surface area contributed by atoms with E-state index in [0.29, 0.717) is 15.9 Å². The maximum absolute atomic E-state index is 6.15. The topological polar surface area (TPSA) is 70.2 Å². The summed E-state index contributed by atoms with van der Waals surface area (Å²) in [6.45, 7) is 0. The van der Waals surface area contributed by atoms with E-state index in [2.05, 4.69) is 41.5 Å². The van der Waals surface area contributed by atoms with E-state index in [1.54, 1.807) is 17.4 Å². The number of rotatable bonds is 2. The van der Waals surface area contributed by atoms with Crippen LogP contribution < -0.4 is 0 Å². The van der Waals surface area contributed by atoms with Gasteiger partial charge in [0, 0.05) is 21.0 Å². The average Bonchev–Trinajstić information content (AvgIpc) is 3.15. The number of hydrogen-bond donors (Lipinski definition) is 2. The molecule has 0 saturated carbocycles. The third kappa shape index (κ3) is 2.25. The van der Waals surface area contributed by atoms with E-state index in [1.165, 1.54) is 0 Å². The van der Waals surface area contributed by atoms with Gasteiger partial charge >= 0.3 is 0 Å². The molecule has 5 nitrogen and oxygen atoms in total. The molecule has 0 unspecified atom stereocenters. The van der Waals surface area contributed by atoms with Crippen molar-refractivity contribution in [2.24, 2.45) is 0 Å². The molecule has 2 N–H and O–H groups in total. The largest absolute Gasteiger partial charge is 0.350 e. The molecule has 0 spiro atoms. The van der Waals surface area contributed by atoms with Gasteiger partial charge in [-0.3, -0.25) is 0 Å². The molecular formula is C13H6BrCl2N5S. The Kier molecular flexibility index (Phi) is 3.45. The van der Waals surface area contributed by atoms with Gasteiger partial charge in [-0.25, -0.2) is 5.10 Å². The number of thiophene rings is 1. The lowest BCUT2D eigenvalue weighted by Crippen LogP contribution is -1.86. The van der Waals surface area contributed by atoms with Gasteiger partial charge in [-0.1, -0.05) is 23.2 Å². The van der Waals surface area contributed by atoms with E-state index < -0.39 is 0 Å². The molecule has 4 aromatic rings. The third-order valence-electron chi connectivity index (χ3n) is 3.21. The van der Waals surface area contributed by atoms with Crippen molar-refractivity contribution in [1.29, 1.82) is 0 Å². The number of hydrogen-bond acceptors (Lipinski definition) is 4. The van der Waals surface area contributed by atoms with Crippen molar-refractivity contribution in [3.8, 4) is 22.6 Å². The van der Waals surface area contributed by atoms with Crippen LogP contribution in [0.25, 0.3) is 32.9 Å². The Labute approximate surface area is 146 Å². The number of aromatic amines is 2. The number of nitrogens with one attached hydrogen (secondary N) is 2. The van der Waals surface area contributed by atoms with Crippen molar-refractivity contribution >= 4 is 60.7 Å². The molecule has 3 aromatic heterocycles. The Hall–Kier alpha value is -1.41. The maximum Gasteiger partial charge on any atom is 0.196 e. The Balaban J connectivity index is 2.08. The highest BCUT2D eigenvalue weighted by atomic mass is 79.9. The zero-order valence-electron chi connectivity index (χ0n) is 10.7. The fourth-order valence-corrected chi connectivity index (χ4v) is 4.55. The summed E-state index contributed by atoms with van der Waals surface area (Å²) in [6, 6.07) is 5.45. The summed E-state index contributed by atoms with van der Waals surface area (Å²) in [5, 5.41) is 17.3. The van der Waals surface area contributed by atoms with Crippen LogP contribution in [0.15, 0.2) is 28.1 Å². The van der Waals surface area contributed by atoms with Crippen LogP contribution in [0.4, 0.5) is 0 Å². The smallest absolute Gasteiger partial charge is 0.196 e. The SMILES string of the molecule is Clc1cc(Cl)cc(-c2c(-c3nnn[nH]3)[nH]c3c(Br)csc23)c1. The zero-order chi connectivity index (χ0) is 15.3. The first kappa shape index (κ1) is 14.2. The molecule has 9 heteroatoms. The number of nitrogens with zero attached hydrogens (tertiary/aromatic N) is 3. The molecular weight excluding hydrogens is 409 g/mol. The van der Waals surface area contributed by atoms with Crippen LogP contribution in [-0.4, -0.2) is 25.6 Å². The van der Waals surface area contributed by atoms with Crippen LogP contribution in [-0.2, 0) is 0 Å². The molecule has 0 atom stereocenters. The predicted molar refractivity (Wildman–Crippen MR) is 92.5 cm³/mol. The van der Waals surface area contributed by atoms with Gasteiger partial charge in [-0.15, -0.1) is 16.4 Å². The lowest BCUT2D eigenvalue weighted by atomic mass is 10.1. The summed E-state index contributed by atoms with van der Waals surface area (Å²) in [4.78, 5) is 3.36. The van der Waals surface area contributed by atoms with Gasteiger partial charge in [0.1, 0.15) is 0 Å². The minimum absolute atomic E-state index is 0.557. The lowest BCUT2D eigenvalue weighted by Gasteiger charge is -2.04. The van der Waals surface area contributed by atoms with E-state index in [1.807, 2.05) is 17.5 Å². The summed E-state index contributed by atoms with van der Waals surface area (Å²) < 4.78 is 2.07. The minimum atomic E-state index is 0.557. The molecule has 0 amide bonds. The molecule has 1 aromatic carbocycles. The van der Waals surface area contributed by atoms with Crippen molar-refractivity contribution in [2.45, 2.75) is 0 Å². The van der Waals surface area contributed by atoms with Crippen LogP contribution >= 0.6 is 50.5 Å². The number of H-pyrrole nitrogens is 2. The number of fused-ring (bicyclic) bond motifs is 1. The van der Waals surface area contributed by atoms with Gasteiger partial charge in [0.05, 0.1) is 20.4 Å². The van der Waals surface area contributed by atoms with Gasteiger partial charge < -0.3 is 4.98 Å². The second-order valence-electron chi connectivity index (χ2n) is 4.57. The normalized spacial score (nSPS) is 11.4. The number of benzene rings is 1. The van der Waals surface area contributed by atoms with Crippen molar-refractivity contribution in [1.82, 2.24) is 25.6 Å². The Morgan fingerprint density at radius 1 is 1.14 bits per heavy atom. The second kappa shape index (κ2) is 5.34.